The SMILES string of the molecule is C=C.C[C-]1C2=C3Cc4ccccc4C3C3CCCCC3C2CC(C)C1(C)C.Cc1cc(C(C)(C)C)c[cH-]1.[Cl-].[Cl-].[Hf+4]. The molecule has 0 aromatic heterocycles. The summed E-state index contributed by atoms with van der Waals surface area (Å²) in [4.78, 5) is 0. The van der Waals surface area contributed by atoms with Crippen LogP contribution in [0.1, 0.15) is 109 Å². The van der Waals surface area contributed by atoms with E-state index >= 15 is 0 Å². The molecule has 2 aromatic rings. The maximum absolute atomic E-state index is 3.00. The molecule has 3 heteroatoms. The van der Waals surface area contributed by atoms with Gasteiger partial charge in [-0.15, -0.1) is 20.1 Å². The van der Waals surface area contributed by atoms with Crippen LogP contribution >= 0.6 is 0 Å². The first-order valence-corrected chi connectivity index (χ1v) is 14.9. The second-order valence-corrected chi connectivity index (χ2v) is 13.9. The van der Waals surface area contributed by atoms with Crippen molar-refractivity contribution in [2.75, 3.05) is 0 Å². The first-order chi connectivity index (χ1) is 17.5. The predicted octanol–water partition coefficient (Wildman–Crippen LogP) is 4.54. The van der Waals surface area contributed by atoms with Crippen LogP contribution in [0.5, 0.6) is 0 Å². The Balaban J connectivity index is 0.000000459. The molecular weight excluding hydrogens is 694 g/mol. The van der Waals surface area contributed by atoms with Gasteiger partial charge in [0.05, 0.1) is 0 Å². The third-order valence-corrected chi connectivity index (χ3v) is 10.7. The normalized spacial score (nSPS) is 27.3. The summed E-state index contributed by atoms with van der Waals surface area (Å²) >= 11 is 0. The van der Waals surface area contributed by atoms with Gasteiger partial charge in [0.2, 0.25) is 0 Å². The Morgan fingerprint density at radius 1 is 1.00 bits per heavy atom. The smallest absolute Gasteiger partial charge is 1.00 e. The molecule has 40 heavy (non-hydrogen) atoms. The topological polar surface area (TPSA) is 0 Å². The van der Waals surface area contributed by atoms with E-state index in [1.165, 1.54) is 49.7 Å². The van der Waals surface area contributed by atoms with E-state index in [0.29, 0.717) is 10.8 Å². The molecule has 0 N–H and O–H groups in total. The third kappa shape index (κ3) is 6.94. The van der Waals surface area contributed by atoms with Crippen LogP contribution in [0, 0.1) is 41.9 Å². The Kier molecular flexibility index (Phi) is 13.7. The molecule has 0 saturated heterocycles. The minimum atomic E-state index is 0. The molecule has 0 bridgehead atoms. The quantitative estimate of drug-likeness (QED) is 0.211. The Hall–Kier alpha value is -0.630. The van der Waals surface area contributed by atoms with Crippen molar-refractivity contribution in [1.82, 2.24) is 0 Å². The van der Waals surface area contributed by atoms with Crippen molar-refractivity contribution in [2.24, 2.45) is 29.1 Å². The monoisotopic (exact) mass is 746 g/mol. The summed E-state index contributed by atoms with van der Waals surface area (Å²) in [5.41, 5.74) is 10.5. The Labute approximate surface area is 278 Å². The number of rotatable bonds is 0. The zero-order valence-electron chi connectivity index (χ0n) is 26.3. The van der Waals surface area contributed by atoms with Crippen molar-refractivity contribution >= 4 is 0 Å². The van der Waals surface area contributed by atoms with E-state index in [1.54, 1.807) is 17.0 Å². The van der Waals surface area contributed by atoms with Crippen LogP contribution in [0.3, 0.4) is 0 Å². The molecule has 0 heterocycles. The molecule has 5 unspecified atom stereocenters. The Morgan fingerprint density at radius 3 is 2.15 bits per heavy atom. The number of benzene rings is 1. The molecule has 0 radical (unpaired) electrons. The van der Waals surface area contributed by atoms with E-state index in [4.69, 9.17) is 0 Å². The first-order valence-electron chi connectivity index (χ1n) is 14.9. The van der Waals surface area contributed by atoms with Gasteiger partial charge in [0.1, 0.15) is 0 Å². The van der Waals surface area contributed by atoms with Crippen LogP contribution in [0.4, 0.5) is 0 Å². The van der Waals surface area contributed by atoms with E-state index < -0.39 is 0 Å². The van der Waals surface area contributed by atoms with Gasteiger partial charge in [0, 0.05) is 0 Å². The van der Waals surface area contributed by atoms with Crippen molar-refractivity contribution in [3.63, 3.8) is 0 Å². The van der Waals surface area contributed by atoms with Gasteiger partial charge in [0.15, 0.2) is 0 Å². The van der Waals surface area contributed by atoms with Gasteiger partial charge in [-0.3, -0.25) is 0 Å². The first kappa shape index (κ1) is 37.4. The zero-order chi connectivity index (χ0) is 27.1. The molecule has 0 spiro atoms. The molecule has 2 saturated carbocycles. The molecule has 5 atom stereocenters. The van der Waals surface area contributed by atoms with Crippen LogP contribution in [-0.4, -0.2) is 0 Å². The second kappa shape index (κ2) is 14.7. The Bertz CT molecular complexity index is 1120. The van der Waals surface area contributed by atoms with Crippen molar-refractivity contribution in [3.05, 3.63) is 94.9 Å². The van der Waals surface area contributed by atoms with E-state index in [1.807, 2.05) is 11.1 Å². The number of allylic oxidation sites excluding steroid dienone is 2. The molecule has 0 nitrogen and oxygen atoms in total. The van der Waals surface area contributed by atoms with Gasteiger partial charge in [-0.2, -0.15) is 23.3 Å². The van der Waals surface area contributed by atoms with Gasteiger partial charge in [-0.05, 0) is 30.6 Å². The summed E-state index contributed by atoms with van der Waals surface area (Å²) in [5.74, 6) is 6.00. The van der Waals surface area contributed by atoms with Gasteiger partial charge in [-0.25, -0.2) is 23.1 Å². The van der Waals surface area contributed by atoms with E-state index in [-0.39, 0.29) is 50.7 Å². The minimum absolute atomic E-state index is 0. The predicted molar refractivity (Wildman–Crippen MR) is 162 cm³/mol. The Morgan fingerprint density at radius 2 is 1.60 bits per heavy atom. The minimum Gasteiger partial charge on any atom is -1.00 e. The number of hydrogen-bond donors (Lipinski definition) is 0. The van der Waals surface area contributed by atoms with Crippen molar-refractivity contribution in [1.29, 1.82) is 0 Å². The second-order valence-electron chi connectivity index (χ2n) is 13.9. The van der Waals surface area contributed by atoms with Gasteiger partial charge in [0.25, 0.3) is 0 Å². The number of hydrogen-bond acceptors (Lipinski definition) is 0. The summed E-state index contributed by atoms with van der Waals surface area (Å²) in [7, 11) is 0. The fourth-order valence-corrected chi connectivity index (χ4v) is 8.04. The number of fused-ring (bicyclic) bond motifs is 7. The molecule has 0 aliphatic heterocycles. The van der Waals surface area contributed by atoms with Crippen LogP contribution < -0.4 is 24.8 Å². The van der Waals surface area contributed by atoms with Crippen molar-refractivity contribution < 1.29 is 50.7 Å². The van der Waals surface area contributed by atoms with Gasteiger partial charge >= 0.3 is 25.8 Å². The summed E-state index contributed by atoms with van der Waals surface area (Å²) in [6.45, 7) is 24.8. The van der Waals surface area contributed by atoms with E-state index in [2.05, 4.69) is 111 Å². The summed E-state index contributed by atoms with van der Waals surface area (Å²) in [6.07, 6.45) is 8.52. The fraction of sp³-hybridized carbons (Fsp3) is 0.568. The fourth-order valence-electron chi connectivity index (χ4n) is 8.04. The van der Waals surface area contributed by atoms with E-state index in [0.717, 1.165) is 29.6 Å². The van der Waals surface area contributed by atoms with Gasteiger partial charge < -0.3 is 24.8 Å². The maximum atomic E-state index is 3.00. The molecule has 6 rings (SSSR count). The molecule has 2 aromatic carbocycles. The molecule has 0 amide bonds. The molecule has 2 fully saturated rings. The molecule has 218 valence electrons. The van der Waals surface area contributed by atoms with Crippen LogP contribution in [0.2, 0.25) is 0 Å². The standard InChI is InChI=1S/C25H33.C10H15.C2H4.2ClH.Hf/c1-15-13-21-19-11-7-8-12-20(19)24-18-10-6-5-9-17(18)14-22(24)23(21)16(2)25(15,3)4;1-8-5-6-9(7-8)10(2,3)4;1-2;;;/h5-6,9-10,15,19-21,24H,7-8,11-14H2,1-4H3;5-7H,1-4H3;1-2H2;2*1H;/q2*-1;;;;+4/p-2. The zero-order valence-corrected chi connectivity index (χ0v) is 31.4. The van der Waals surface area contributed by atoms with Crippen molar-refractivity contribution in [3.8, 4) is 0 Å². The number of aryl methyl sites for hydroxylation is 1. The maximum Gasteiger partial charge on any atom is 4.00 e. The average molecular weight is 746 g/mol. The third-order valence-electron chi connectivity index (χ3n) is 10.7. The molecule has 4 aliphatic rings. The van der Waals surface area contributed by atoms with Crippen LogP contribution in [0.15, 0.2) is 66.8 Å². The van der Waals surface area contributed by atoms with Crippen LogP contribution in [0.25, 0.3) is 0 Å². The van der Waals surface area contributed by atoms with Crippen molar-refractivity contribution in [2.45, 2.75) is 105 Å². The molecule has 4 aliphatic carbocycles. The molecular formula is C37H52Cl2Hf. The average Bonchev–Trinajstić information content (AvgIpc) is 3.48. The number of halogens is 2. The summed E-state index contributed by atoms with van der Waals surface area (Å²) in [6, 6.07) is 16.0. The summed E-state index contributed by atoms with van der Waals surface area (Å²) < 4.78 is 0. The summed E-state index contributed by atoms with van der Waals surface area (Å²) in [5, 5.41) is 0. The largest absolute Gasteiger partial charge is 4.00 e. The van der Waals surface area contributed by atoms with Crippen LogP contribution in [-0.2, 0) is 37.7 Å². The van der Waals surface area contributed by atoms with Gasteiger partial charge in [-0.1, -0.05) is 132 Å². The van der Waals surface area contributed by atoms with E-state index in [9.17, 15) is 0 Å².